The highest BCUT2D eigenvalue weighted by Gasteiger charge is 2.20. The zero-order valence-corrected chi connectivity index (χ0v) is 18.3. The maximum atomic E-state index is 12.6. The van der Waals surface area contributed by atoms with Crippen molar-refractivity contribution in [2.75, 3.05) is 25.5 Å². The lowest BCUT2D eigenvalue weighted by atomic mass is 10.0. The summed E-state index contributed by atoms with van der Waals surface area (Å²) in [6.45, 7) is 4.79. The van der Waals surface area contributed by atoms with E-state index in [2.05, 4.69) is 23.6 Å². The van der Waals surface area contributed by atoms with Crippen LogP contribution in [0.3, 0.4) is 0 Å². The highest BCUT2D eigenvalue weighted by atomic mass is 32.2. The summed E-state index contributed by atoms with van der Waals surface area (Å²) >= 11 is 0. The molecule has 0 spiro atoms. The summed E-state index contributed by atoms with van der Waals surface area (Å²) in [5, 5.41) is 2.68. The Morgan fingerprint density at radius 2 is 1.97 bits per heavy atom. The van der Waals surface area contributed by atoms with Gasteiger partial charge in [-0.05, 0) is 48.2 Å². The van der Waals surface area contributed by atoms with Gasteiger partial charge in [-0.25, -0.2) is 0 Å². The number of hydrogen-bond acceptors (Lipinski definition) is 4. The predicted octanol–water partition coefficient (Wildman–Crippen LogP) is 3.64. The van der Waals surface area contributed by atoms with E-state index in [1.54, 1.807) is 18.2 Å². The second kappa shape index (κ2) is 9.30. The van der Waals surface area contributed by atoms with Crippen molar-refractivity contribution in [1.82, 2.24) is 4.90 Å². The highest BCUT2D eigenvalue weighted by molar-refractivity contribution is 7.90. The van der Waals surface area contributed by atoms with Gasteiger partial charge < -0.3 is 15.0 Å². The zero-order valence-electron chi connectivity index (χ0n) is 17.5. The Morgan fingerprint density at radius 1 is 1.20 bits per heavy atom. The van der Waals surface area contributed by atoms with Crippen molar-refractivity contribution in [3.63, 3.8) is 0 Å². The largest absolute Gasteiger partial charge is 0.484 e. The van der Waals surface area contributed by atoms with Crippen molar-refractivity contribution in [1.29, 1.82) is 0 Å². The van der Waals surface area contributed by atoms with Gasteiger partial charge in [0.05, 0.1) is 4.90 Å². The molecule has 3 rings (SSSR count). The van der Waals surface area contributed by atoms with Gasteiger partial charge in [-0.3, -0.25) is 4.79 Å². The predicted molar refractivity (Wildman–Crippen MR) is 118 cm³/mol. The minimum Gasteiger partial charge on any atom is -0.484 e. The summed E-state index contributed by atoms with van der Waals surface area (Å²) in [4.78, 5) is 14.1. The Kier molecular flexibility index (Phi) is 6.77. The first-order chi connectivity index (χ1) is 14.2. The Hall–Kier alpha value is -2.87. The van der Waals surface area contributed by atoms with Gasteiger partial charge in [0.25, 0.3) is 15.9 Å². The van der Waals surface area contributed by atoms with Gasteiger partial charge in [0.2, 0.25) is 0 Å². The molecule has 1 saturated heterocycles. The molecular formula is C22H27N3O4S. The van der Waals surface area contributed by atoms with Crippen molar-refractivity contribution in [2.45, 2.75) is 37.5 Å². The Balaban J connectivity index is 1.65. The van der Waals surface area contributed by atoms with Crippen LogP contribution < -0.4 is 10.1 Å². The number of benzene rings is 2. The van der Waals surface area contributed by atoms with Crippen molar-refractivity contribution >= 4 is 27.5 Å². The molecule has 8 heteroatoms. The standard InChI is InChI=1S/C22H27N3O4S/c1-16(2)17-7-4-9-19(13-17)29-15-22(26)23-18-8-5-10-20(14-18)30(27,28)24-21-11-6-12-25(21)3/h4-5,7-10,13-14,16H,6,11-12,15H2,1-3H3,(H,23,26). The topological polar surface area (TPSA) is 88.1 Å². The fourth-order valence-corrected chi connectivity index (χ4v) is 4.28. The van der Waals surface area contributed by atoms with E-state index in [-0.39, 0.29) is 17.4 Å². The molecule has 1 fully saturated rings. The van der Waals surface area contributed by atoms with Crippen LogP contribution in [0.2, 0.25) is 0 Å². The Labute approximate surface area is 177 Å². The number of nitrogens with one attached hydrogen (secondary N) is 1. The number of amides is 1. The zero-order chi connectivity index (χ0) is 21.7. The van der Waals surface area contributed by atoms with Crippen LogP contribution in [0.25, 0.3) is 0 Å². The third kappa shape index (κ3) is 5.60. The van der Waals surface area contributed by atoms with Crippen LogP contribution in [-0.2, 0) is 14.8 Å². The van der Waals surface area contributed by atoms with Crippen LogP contribution in [0.1, 0.15) is 38.2 Å². The maximum Gasteiger partial charge on any atom is 0.284 e. The van der Waals surface area contributed by atoms with Crippen molar-refractivity contribution in [2.24, 2.45) is 4.40 Å². The third-order valence-electron chi connectivity index (χ3n) is 4.87. The monoisotopic (exact) mass is 429 g/mol. The first-order valence-corrected chi connectivity index (χ1v) is 11.4. The van der Waals surface area contributed by atoms with Gasteiger partial charge in [0.1, 0.15) is 11.6 Å². The molecule has 0 atom stereocenters. The molecule has 160 valence electrons. The van der Waals surface area contributed by atoms with Crippen molar-refractivity contribution < 1.29 is 17.9 Å². The molecule has 7 nitrogen and oxygen atoms in total. The van der Waals surface area contributed by atoms with Crippen LogP contribution in [0.5, 0.6) is 5.75 Å². The number of likely N-dealkylation sites (tertiary alicyclic amines) is 1. The summed E-state index contributed by atoms with van der Waals surface area (Å²) < 4.78 is 34.8. The average Bonchev–Trinajstić information content (AvgIpc) is 3.10. The number of carbonyl (C=O) groups is 1. The SMILES string of the molecule is CC(C)c1cccc(OCC(=O)Nc2cccc(S(=O)(=O)N=C3CCCN3C)c2)c1. The van der Waals surface area contributed by atoms with Crippen LogP contribution in [0, 0.1) is 0 Å². The van der Waals surface area contributed by atoms with E-state index in [4.69, 9.17) is 4.74 Å². The average molecular weight is 430 g/mol. The van der Waals surface area contributed by atoms with E-state index in [0.29, 0.717) is 29.6 Å². The smallest absolute Gasteiger partial charge is 0.284 e. The minimum atomic E-state index is -3.84. The number of anilines is 1. The molecule has 1 N–H and O–H groups in total. The molecule has 2 aromatic rings. The number of hydrogen-bond donors (Lipinski definition) is 1. The van der Waals surface area contributed by atoms with E-state index in [9.17, 15) is 13.2 Å². The molecule has 2 aromatic carbocycles. The van der Waals surface area contributed by atoms with Crippen molar-refractivity contribution in [3.05, 3.63) is 54.1 Å². The lowest BCUT2D eigenvalue weighted by Crippen LogP contribution is -2.21. The molecule has 1 aliphatic rings. The number of ether oxygens (including phenoxy) is 1. The quantitative estimate of drug-likeness (QED) is 0.726. The van der Waals surface area contributed by atoms with E-state index < -0.39 is 10.0 Å². The Morgan fingerprint density at radius 3 is 2.67 bits per heavy atom. The fraction of sp³-hybridized carbons (Fsp3) is 0.364. The van der Waals surface area contributed by atoms with Crippen LogP contribution in [-0.4, -0.2) is 45.3 Å². The summed E-state index contributed by atoms with van der Waals surface area (Å²) in [6.07, 6.45) is 1.53. The van der Waals surface area contributed by atoms with Crippen LogP contribution in [0.4, 0.5) is 5.69 Å². The molecule has 0 saturated carbocycles. The molecule has 30 heavy (non-hydrogen) atoms. The number of sulfonamides is 1. The third-order valence-corrected chi connectivity index (χ3v) is 6.17. The number of rotatable bonds is 7. The maximum absolute atomic E-state index is 12.6. The lowest BCUT2D eigenvalue weighted by molar-refractivity contribution is -0.118. The Bertz CT molecular complexity index is 1050. The van der Waals surface area contributed by atoms with Gasteiger partial charge in [-0.1, -0.05) is 32.0 Å². The molecule has 0 unspecified atom stereocenters. The van der Waals surface area contributed by atoms with E-state index in [1.165, 1.54) is 12.1 Å². The van der Waals surface area contributed by atoms with E-state index in [0.717, 1.165) is 18.5 Å². The van der Waals surface area contributed by atoms with Gasteiger partial charge >= 0.3 is 0 Å². The van der Waals surface area contributed by atoms with E-state index in [1.807, 2.05) is 30.1 Å². The molecule has 0 aromatic heterocycles. The molecule has 0 bridgehead atoms. The van der Waals surface area contributed by atoms with Gasteiger partial charge in [0, 0.05) is 25.7 Å². The number of carbonyl (C=O) groups excluding carboxylic acids is 1. The second-order valence-corrected chi connectivity index (χ2v) is 9.20. The summed E-state index contributed by atoms with van der Waals surface area (Å²) in [5.41, 5.74) is 1.50. The second-order valence-electron chi connectivity index (χ2n) is 7.60. The van der Waals surface area contributed by atoms with E-state index >= 15 is 0 Å². The number of amidine groups is 1. The molecule has 1 amide bonds. The van der Waals surface area contributed by atoms with Crippen LogP contribution in [0.15, 0.2) is 57.8 Å². The molecule has 0 aliphatic carbocycles. The van der Waals surface area contributed by atoms with Gasteiger partial charge in [0.15, 0.2) is 6.61 Å². The normalized spacial score (nSPS) is 15.6. The minimum absolute atomic E-state index is 0.0404. The van der Waals surface area contributed by atoms with Gasteiger partial charge in [-0.15, -0.1) is 4.40 Å². The summed E-state index contributed by atoms with van der Waals surface area (Å²) in [7, 11) is -2.01. The van der Waals surface area contributed by atoms with Crippen LogP contribution >= 0.6 is 0 Å². The molecule has 1 aliphatic heterocycles. The first kappa shape index (κ1) is 21.8. The highest BCUT2D eigenvalue weighted by Crippen LogP contribution is 2.21. The van der Waals surface area contributed by atoms with Crippen molar-refractivity contribution in [3.8, 4) is 5.75 Å². The molecule has 0 radical (unpaired) electrons. The van der Waals surface area contributed by atoms with Gasteiger partial charge in [-0.2, -0.15) is 8.42 Å². The fourth-order valence-electron chi connectivity index (χ4n) is 3.14. The summed E-state index contributed by atoms with van der Waals surface area (Å²) in [5.74, 6) is 1.16. The number of nitrogens with zero attached hydrogens (tertiary/aromatic N) is 2. The lowest BCUT2D eigenvalue weighted by Gasteiger charge is -2.12. The first-order valence-electron chi connectivity index (χ1n) is 9.92. The molecule has 1 heterocycles. The summed E-state index contributed by atoms with van der Waals surface area (Å²) in [6, 6.07) is 13.7. The molecular weight excluding hydrogens is 402 g/mol.